The van der Waals surface area contributed by atoms with Gasteiger partial charge in [0, 0.05) is 0 Å². The van der Waals surface area contributed by atoms with Gasteiger partial charge in [0.15, 0.2) is 5.69 Å². The van der Waals surface area contributed by atoms with Crippen molar-refractivity contribution in [3.8, 4) is 0 Å². The summed E-state index contributed by atoms with van der Waals surface area (Å²) >= 11 is 0. The maximum Gasteiger partial charge on any atom is 0.273 e. The van der Waals surface area contributed by atoms with E-state index in [1.165, 1.54) is 6.26 Å². The Morgan fingerprint density at radius 2 is 1.76 bits per heavy atom. The lowest BCUT2D eigenvalue weighted by atomic mass is 9.99. The first kappa shape index (κ1) is 16.9. The van der Waals surface area contributed by atoms with Crippen molar-refractivity contribution >= 4 is 5.91 Å². The SMILES string of the molecule is CC(N)c1nc(C(=O)NC(Cc2ccccc2)c2ccccc2)co1. The number of rotatable bonds is 6. The molecule has 3 N–H and O–H groups in total. The number of nitrogens with two attached hydrogens (primary N) is 1. The van der Waals surface area contributed by atoms with Crippen LogP contribution in [-0.4, -0.2) is 10.9 Å². The molecule has 3 aromatic rings. The number of oxazole rings is 1. The fraction of sp³-hybridized carbons (Fsp3) is 0.200. The molecule has 2 atom stereocenters. The molecule has 0 aliphatic rings. The standard InChI is InChI=1S/C20H21N3O2/c1-14(21)20-23-18(13-25-20)19(24)22-17(16-10-6-3-7-11-16)12-15-8-4-2-5-9-15/h2-11,13-14,17H,12,21H2,1H3,(H,22,24). The van der Waals surface area contributed by atoms with Gasteiger partial charge in [0.1, 0.15) is 6.26 Å². The number of benzene rings is 2. The second kappa shape index (κ2) is 7.77. The molecule has 128 valence electrons. The van der Waals surface area contributed by atoms with Gasteiger partial charge in [0.2, 0.25) is 5.89 Å². The van der Waals surface area contributed by atoms with E-state index in [2.05, 4.69) is 10.3 Å². The molecule has 25 heavy (non-hydrogen) atoms. The number of carbonyl (C=O) groups is 1. The van der Waals surface area contributed by atoms with Crippen molar-refractivity contribution in [2.24, 2.45) is 5.73 Å². The van der Waals surface area contributed by atoms with Gasteiger partial charge < -0.3 is 15.5 Å². The van der Waals surface area contributed by atoms with Gasteiger partial charge in [-0.15, -0.1) is 0 Å². The smallest absolute Gasteiger partial charge is 0.273 e. The number of amides is 1. The molecule has 1 heterocycles. The van der Waals surface area contributed by atoms with Crippen molar-refractivity contribution in [1.82, 2.24) is 10.3 Å². The molecule has 0 radical (unpaired) electrons. The van der Waals surface area contributed by atoms with E-state index in [0.29, 0.717) is 12.3 Å². The van der Waals surface area contributed by atoms with Crippen LogP contribution in [-0.2, 0) is 6.42 Å². The van der Waals surface area contributed by atoms with Crippen LogP contribution in [0.25, 0.3) is 0 Å². The molecule has 5 heteroatoms. The number of nitrogens with one attached hydrogen (secondary N) is 1. The Labute approximate surface area is 146 Å². The van der Waals surface area contributed by atoms with Gasteiger partial charge in [0.25, 0.3) is 5.91 Å². The number of hydrogen-bond acceptors (Lipinski definition) is 4. The van der Waals surface area contributed by atoms with E-state index in [9.17, 15) is 4.79 Å². The summed E-state index contributed by atoms with van der Waals surface area (Å²) in [4.78, 5) is 16.7. The summed E-state index contributed by atoms with van der Waals surface area (Å²) in [6.45, 7) is 1.76. The zero-order chi connectivity index (χ0) is 17.6. The molecule has 2 aromatic carbocycles. The minimum atomic E-state index is -0.351. The lowest BCUT2D eigenvalue weighted by Crippen LogP contribution is -2.30. The Morgan fingerprint density at radius 3 is 2.36 bits per heavy atom. The highest BCUT2D eigenvalue weighted by molar-refractivity contribution is 5.92. The largest absolute Gasteiger partial charge is 0.446 e. The van der Waals surface area contributed by atoms with Gasteiger partial charge >= 0.3 is 0 Å². The average Bonchev–Trinajstić information content (AvgIpc) is 3.13. The number of hydrogen-bond donors (Lipinski definition) is 2. The Hall–Kier alpha value is -2.92. The van der Waals surface area contributed by atoms with Crippen LogP contribution in [0.2, 0.25) is 0 Å². The molecule has 0 saturated heterocycles. The van der Waals surface area contributed by atoms with Gasteiger partial charge in [-0.2, -0.15) is 0 Å². The quantitative estimate of drug-likeness (QED) is 0.723. The summed E-state index contributed by atoms with van der Waals surface area (Å²) in [6, 6.07) is 19.4. The first-order valence-electron chi connectivity index (χ1n) is 8.24. The van der Waals surface area contributed by atoms with E-state index in [4.69, 9.17) is 10.2 Å². The molecular formula is C20H21N3O2. The van der Waals surface area contributed by atoms with E-state index in [1.54, 1.807) is 6.92 Å². The van der Waals surface area contributed by atoms with E-state index >= 15 is 0 Å². The van der Waals surface area contributed by atoms with E-state index in [1.807, 2.05) is 60.7 Å². The first-order chi connectivity index (χ1) is 12.1. The van der Waals surface area contributed by atoms with Crippen LogP contribution in [0.4, 0.5) is 0 Å². The molecule has 5 nitrogen and oxygen atoms in total. The van der Waals surface area contributed by atoms with Gasteiger partial charge in [-0.25, -0.2) is 4.98 Å². The Bertz CT molecular complexity index is 813. The zero-order valence-electron chi connectivity index (χ0n) is 14.1. The summed E-state index contributed by atoms with van der Waals surface area (Å²) in [5.74, 6) is 0.0740. The Balaban J connectivity index is 1.80. The van der Waals surface area contributed by atoms with Gasteiger partial charge in [-0.1, -0.05) is 60.7 Å². The normalized spacial score (nSPS) is 13.2. The fourth-order valence-electron chi connectivity index (χ4n) is 2.62. The first-order valence-corrected chi connectivity index (χ1v) is 8.24. The minimum Gasteiger partial charge on any atom is -0.446 e. The lowest BCUT2D eigenvalue weighted by Gasteiger charge is -2.19. The zero-order valence-corrected chi connectivity index (χ0v) is 14.1. The molecule has 0 fully saturated rings. The van der Waals surface area contributed by atoms with E-state index in [-0.39, 0.29) is 23.7 Å². The average molecular weight is 335 g/mol. The van der Waals surface area contributed by atoms with Crippen LogP contribution in [0.5, 0.6) is 0 Å². The monoisotopic (exact) mass is 335 g/mol. The van der Waals surface area contributed by atoms with Gasteiger partial charge in [0.05, 0.1) is 12.1 Å². The molecular weight excluding hydrogens is 314 g/mol. The molecule has 1 aromatic heterocycles. The van der Waals surface area contributed by atoms with Crippen molar-refractivity contribution in [3.63, 3.8) is 0 Å². The van der Waals surface area contributed by atoms with Gasteiger partial charge in [-0.05, 0) is 24.5 Å². The lowest BCUT2D eigenvalue weighted by molar-refractivity contribution is 0.0931. The van der Waals surface area contributed by atoms with Crippen LogP contribution in [0.1, 0.15) is 46.5 Å². The van der Waals surface area contributed by atoms with Crippen LogP contribution in [0.3, 0.4) is 0 Å². The second-order valence-electron chi connectivity index (χ2n) is 5.99. The van der Waals surface area contributed by atoms with Crippen LogP contribution < -0.4 is 11.1 Å². The van der Waals surface area contributed by atoms with E-state index < -0.39 is 0 Å². The number of nitrogens with zero attached hydrogens (tertiary/aromatic N) is 1. The molecule has 0 spiro atoms. The molecule has 3 rings (SSSR count). The maximum absolute atomic E-state index is 12.6. The van der Waals surface area contributed by atoms with E-state index in [0.717, 1.165) is 11.1 Å². The van der Waals surface area contributed by atoms with Gasteiger partial charge in [-0.3, -0.25) is 4.79 Å². The summed E-state index contributed by atoms with van der Waals surface area (Å²) in [6.07, 6.45) is 2.03. The maximum atomic E-state index is 12.6. The molecule has 0 saturated carbocycles. The highest BCUT2D eigenvalue weighted by Gasteiger charge is 2.19. The highest BCUT2D eigenvalue weighted by Crippen LogP contribution is 2.19. The molecule has 0 aliphatic carbocycles. The third kappa shape index (κ3) is 4.33. The predicted octanol–water partition coefficient (Wildman–Crippen LogP) is 3.41. The molecule has 1 amide bonds. The third-order valence-electron chi connectivity index (χ3n) is 3.93. The summed E-state index contributed by atoms with van der Waals surface area (Å²) in [7, 11) is 0. The van der Waals surface area contributed by atoms with Crippen molar-refractivity contribution in [3.05, 3.63) is 89.6 Å². The summed E-state index contributed by atoms with van der Waals surface area (Å²) < 4.78 is 5.26. The number of aromatic nitrogens is 1. The molecule has 0 aliphatic heterocycles. The second-order valence-corrected chi connectivity index (χ2v) is 5.99. The van der Waals surface area contributed by atoms with Crippen molar-refractivity contribution < 1.29 is 9.21 Å². The number of carbonyl (C=O) groups excluding carboxylic acids is 1. The Kier molecular flexibility index (Phi) is 5.26. The highest BCUT2D eigenvalue weighted by atomic mass is 16.3. The van der Waals surface area contributed by atoms with Crippen molar-refractivity contribution in [2.75, 3.05) is 0 Å². The summed E-state index contributed by atoms with van der Waals surface area (Å²) in [5.41, 5.74) is 8.16. The molecule has 0 bridgehead atoms. The van der Waals surface area contributed by atoms with Crippen LogP contribution in [0.15, 0.2) is 71.3 Å². The van der Waals surface area contributed by atoms with Crippen molar-refractivity contribution in [2.45, 2.75) is 25.4 Å². The minimum absolute atomic E-state index is 0.161. The Morgan fingerprint density at radius 1 is 1.12 bits per heavy atom. The molecule has 2 unspecified atom stereocenters. The third-order valence-corrected chi connectivity index (χ3v) is 3.93. The predicted molar refractivity (Wildman–Crippen MR) is 95.9 cm³/mol. The van der Waals surface area contributed by atoms with Crippen LogP contribution >= 0.6 is 0 Å². The van der Waals surface area contributed by atoms with Crippen LogP contribution in [0, 0.1) is 0 Å². The fourth-order valence-corrected chi connectivity index (χ4v) is 2.62. The van der Waals surface area contributed by atoms with Crippen molar-refractivity contribution in [1.29, 1.82) is 0 Å². The topological polar surface area (TPSA) is 81.1 Å². The summed E-state index contributed by atoms with van der Waals surface area (Å²) in [5, 5.41) is 3.05.